The minimum Gasteiger partial charge on any atom is -0.372 e. The van der Waals surface area contributed by atoms with Crippen LogP contribution in [0.2, 0.25) is 0 Å². The highest BCUT2D eigenvalue weighted by Crippen LogP contribution is 2.24. The van der Waals surface area contributed by atoms with Crippen molar-refractivity contribution in [3.63, 3.8) is 0 Å². The second-order valence-electron chi connectivity index (χ2n) is 5.04. The van der Waals surface area contributed by atoms with E-state index < -0.39 is 0 Å². The molecule has 0 bridgehead atoms. The number of carbonyl (C=O) groups is 2. The van der Waals surface area contributed by atoms with Crippen molar-refractivity contribution in [1.29, 1.82) is 0 Å². The van der Waals surface area contributed by atoms with Crippen LogP contribution in [0.25, 0.3) is 0 Å². The van der Waals surface area contributed by atoms with Crippen LogP contribution in [0.5, 0.6) is 0 Å². The molecule has 2 aliphatic rings. The largest absolute Gasteiger partial charge is 0.372 e. The molecule has 1 aromatic rings. The highest BCUT2D eigenvalue weighted by Gasteiger charge is 2.22. The van der Waals surface area contributed by atoms with E-state index in [-0.39, 0.29) is 24.9 Å². The van der Waals surface area contributed by atoms with E-state index in [1.807, 2.05) is 12.1 Å². The fourth-order valence-electron chi connectivity index (χ4n) is 2.67. The molecular weight excluding hydrogens is 242 g/mol. The second kappa shape index (κ2) is 4.91. The quantitative estimate of drug-likeness (QED) is 0.796. The van der Waals surface area contributed by atoms with Crippen molar-refractivity contribution in [1.82, 2.24) is 5.32 Å². The van der Waals surface area contributed by atoms with Gasteiger partial charge in [0.25, 0.3) is 0 Å². The third-order valence-electron chi connectivity index (χ3n) is 3.63. The molecular formula is C14H17N3O2. The summed E-state index contributed by atoms with van der Waals surface area (Å²) < 4.78 is 0. The van der Waals surface area contributed by atoms with Gasteiger partial charge in [-0.3, -0.25) is 14.9 Å². The van der Waals surface area contributed by atoms with Gasteiger partial charge < -0.3 is 9.80 Å². The average molecular weight is 259 g/mol. The average Bonchev–Trinajstić information content (AvgIpc) is 2.91. The molecule has 100 valence electrons. The SMILES string of the molecule is O=C1CN(c2ccc(N3CCCC3)cc2)CC(=O)N1. The van der Waals surface area contributed by atoms with Gasteiger partial charge in [0.2, 0.25) is 11.8 Å². The zero-order valence-electron chi connectivity index (χ0n) is 10.8. The van der Waals surface area contributed by atoms with Gasteiger partial charge >= 0.3 is 0 Å². The summed E-state index contributed by atoms with van der Waals surface area (Å²) in [5.41, 5.74) is 2.14. The number of rotatable bonds is 2. The van der Waals surface area contributed by atoms with E-state index >= 15 is 0 Å². The second-order valence-corrected chi connectivity index (χ2v) is 5.04. The number of imide groups is 1. The summed E-state index contributed by atoms with van der Waals surface area (Å²) in [5.74, 6) is -0.472. The van der Waals surface area contributed by atoms with Gasteiger partial charge in [0, 0.05) is 24.5 Å². The van der Waals surface area contributed by atoms with Crippen LogP contribution in [0.15, 0.2) is 24.3 Å². The molecule has 2 aliphatic heterocycles. The monoisotopic (exact) mass is 259 g/mol. The Hall–Kier alpha value is -2.04. The highest BCUT2D eigenvalue weighted by molar-refractivity contribution is 6.02. The molecule has 1 aromatic carbocycles. The number of piperazine rings is 1. The minimum absolute atomic E-state index is 0.236. The van der Waals surface area contributed by atoms with E-state index in [0.29, 0.717) is 0 Å². The number of nitrogens with one attached hydrogen (secondary N) is 1. The molecule has 2 fully saturated rings. The number of amides is 2. The minimum atomic E-state index is -0.236. The van der Waals surface area contributed by atoms with Crippen molar-refractivity contribution >= 4 is 23.2 Å². The van der Waals surface area contributed by atoms with Gasteiger partial charge in [0.15, 0.2) is 0 Å². The number of nitrogens with zero attached hydrogens (tertiary/aromatic N) is 2. The normalized spacial score (nSPS) is 19.8. The van der Waals surface area contributed by atoms with Crippen molar-refractivity contribution in [2.75, 3.05) is 36.0 Å². The third kappa shape index (κ3) is 2.54. The summed E-state index contributed by atoms with van der Waals surface area (Å²) in [5, 5.41) is 2.31. The van der Waals surface area contributed by atoms with E-state index in [1.165, 1.54) is 18.5 Å². The van der Waals surface area contributed by atoms with Crippen molar-refractivity contribution in [2.24, 2.45) is 0 Å². The molecule has 1 N–H and O–H groups in total. The summed E-state index contributed by atoms with van der Waals surface area (Å²) in [6.07, 6.45) is 2.51. The van der Waals surface area contributed by atoms with Crippen LogP contribution >= 0.6 is 0 Å². The Bertz CT molecular complexity index is 476. The zero-order valence-corrected chi connectivity index (χ0v) is 10.8. The number of anilines is 2. The lowest BCUT2D eigenvalue weighted by molar-refractivity contribution is -0.130. The topological polar surface area (TPSA) is 52.7 Å². The summed E-state index contributed by atoms with van der Waals surface area (Å²) in [6, 6.07) is 8.11. The first-order valence-electron chi connectivity index (χ1n) is 6.65. The standard InChI is InChI=1S/C14H17N3O2/c18-13-9-17(10-14(19)15-13)12-5-3-11(4-6-12)16-7-1-2-8-16/h3-6H,1-2,7-10H2,(H,15,18,19). The van der Waals surface area contributed by atoms with Crippen LogP contribution < -0.4 is 15.1 Å². The molecule has 5 heteroatoms. The Morgan fingerprint density at radius 3 is 1.79 bits per heavy atom. The Labute approximate surface area is 112 Å². The van der Waals surface area contributed by atoms with E-state index in [0.717, 1.165) is 18.8 Å². The molecule has 2 saturated heterocycles. The lowest BCUT2D eigenvalue weighted by Gasteiger charge is -2.28. The summed E-state index contributed by atoms with van der Waals surface area (Å²) >= 11 is 0. The maximum atomic E-state index is 11.4. The Morgan fingerprint density at radius 2 is 1.26 bits per heavy atom. The van der Waals surface area contributed by atoms with Gasteiger partial charge in [-0.25, -0.2) is 0 Å². The van der Waals surface area contributed by atoms with E-state index in [9.17, 15) is 9.59 Å². The van der Waals surface area contributed by atoms with Crippen LogP contribution in [0.1, 0.15) is 12.8 Å². The van der Waals surface area contributed by atoms with Gasteiger partial charge in [-0.05, 0) is 37.1 Å². The summed E-state index contributed by atoms with van der Waals surface area (Å²) in [4.78, 5) is 26.9. The first-order valence-corrected chi connectivity index (χ1v) is 6.65. The molecule has 0 aliphatic carbocycles. The predicted molar refractivity (Wildman–Crippen MR) is 73.3 cm³/mol. The fourth-order valence-corrected chi connectivity index (χ4v) is 2.67. The van der Waals surface area contributed by atoms with Crippen LogP contribution in [0, 0.1) is 0 Å². The van der Waals surface area contributed by atoms with Gasteiger partial charge in [0.05, 0.1) is 13.1 Å². The Kier molecular flexibility index (Phi) is 3.11. The smallest absolute Gasteiger partial charge is 0.246 e. The van der Waals surface area contributed by atoms with Gasteiger partial charge in [-0.15, -0.1) is 0 Å². The fraction of sp³-hybridized carbons (Fsp3) is 0.429. The summed E-state index contributed by atoms with van der Waals surface area (Å²) in [7, 11) is 0. The molecule has 0 saturated carbocycles. The van der Waals surface area contributed by atoms with Crippen molar-refractivity contribution in [3.05, 3.63) is 24.3 Å². The van der Waals surface area contributed by atoms with Gasteiger partial charge in [-0.1, -0.05) is 0 Å². The van der Waals surface area contributed by atoms with Crippen LogP contribution in [-0.4, -0.2) is 38.0 Å². The maximum Gasteiger partial charge on any atom is 0.246 e. The molecule has 0 radical (unpaired) electrons. The van der Waals surface area contributed by atoms with Crippen LogP contribution in [-0.2, 0) is 9.59 Å². The van der Waals surface area contributed by atoms with Crippen molar-refractivity contribution < 1.29 is 9.59 Å². The van der Waals surface area contributed by atoms with Crippen LogP contribution in [0.3, 0.4) is 0 Å². The molecule has 2 amide bonds. The predicted octanol–water partition coefficient (Wildman–Crippen LogP) is 0.750. The molecule has 5 nitrogen and oxygen atoms in total. The number of hydrogen-bond acceptors (Lipinski definition) is 4. The highest BCUT2D eigenvalue weighted by atomic mass is 16.2. The summed E-state index contributed by atoms with van der Waals surface area (Å²) in [6.45, 7) is 2.72. The number of carbonyl (C=O) groups excluding carboxylic acids is 2. The van der Waals surface area contributed by atoms with Gasteiger partial charge in [0.1, 0.15) is 0 Å². The molecule has 0 aromatic heterocycles. The lowest BCUT2D eigenvalue weighted by Crippen LogP contribution is -2.51. The molecule has 19 heavy (non-hydrogen) atoms. The van der Waals surface area contributed by atoms with Crippen molar-refractivity contribution in [3.8, 4) is 0 Å². The van der Waals surface area contributed by atoms with E-state index in [2.05, 4.69) is 22.3 Å². The molecule has 2 heterocycles. The number of hydrogen-bond donors (Lipinski definition) is 1. The van der Waals surface area contributed by atoms with Crippen LogP contribution in [0.4, 0.5) is 11.4 Å². The molecule has 0 unspecified atom stereocenters. The lowest BCUT2D eigenvalue weighted by atomic mass is 10.2. The number of benzene rings is 1. The molecule has 3 rings (SSSR count). The Morgan fingerprint density at radius 1 is 0.789 bits per heavy atom. The van der Waals surface area contributed by atoms with E-state index in [4.69, 9.17) is 0 Å². The van der Waals surface area contributed by atoms with Crippen molar-refractivity contribution in [2.45, 2.75) is 12.8 Å². The van der Waals surface area contributed by atoms with E-state index in [1.54, 1.807) is 4.90 Å². The first-order chi connectivity index (χ1) is 9.22. The Balaban J connectivity index is 1.74. The first kappa shape index (κ1) is 12.0. The maximum absolute atomic E-state index is 11.4. The zero-order chi connectivity index (χ0) is 13.2. The van der Waals surface area contributed by atoms with Gasteiger partial charge in [-0.2, -0.15) is 0 Å². The molecule has 0 atom stereocenters. The third-order valence-corrected chi connectivity index (χ3v) is 3.63. The molecule has 0 spiro atoms.